The van der Waals surface area contributed by atoms with Crippen LogP contribution in [0.15, 0.2) is 0 Å². The Morgan fingerprint density at radius 1 is 1.53 bits per heavy atom. The molecule has 1 aliphatic carbocycles. The first-order chi connectivity index (χ1) is 8.13. The number of hydrogen-bond donors (Lipinski definition) is 1. The average Bonchev–Trinajstić information content (AvgIpc) is 2.71. The first kappa shape index (κ1) is 12.4. The number of aromatic nitrogens is 4. The van der Waals surface area contributed by atoms with Crippen molar-refractivity contribution in [2.24, 2.45) is 11.3 Å². The van der Waals surface area contributed by atoms with Crippen molar-refractivity contribution in [1.82, 2.24) is 25.5 Å². The summed E-state index contributed by atoms with van der Waals surface area (Å²) in [6.45, 7) is 7.73. The van der Waals surface area contributed by atoms with Gasteiger partial charge in [0.15, 0.2) is 5.82 Å². The number of tetrazole rings is 1. The molecule has 0 amide bonds. The molecule has 1 aromatic heterocycles. The van der Waals surface area contributed by atoms with Crippen LogP contribution in [-0.2, 0) is 17.8 Å². The van der Waals surface area contributed by atoms with Crippen LogP contribution in [0.1, 0.15) is 26.1 Å². The summed E-state index contributed by atoms with van der Waals surface area (Å²) in [5, 5.41) is 15.1. The smallest absolute Gasteiger partial charge is 0.165 e. The van der Waals surface area contributed by atoms with Crippen LogP contribution in [0.4, 0.5) is 0 Å². The number of hydrogen-bond acceptors (Lipinski definition) is 5. The first-order valence-corrected chi connectivity index (χ1v) is 6.08. The summed E-state index contributed by atoms with van der Waals surface area (Å²) in [4.78, 5) is 0. The molecule has 6 nitrogen and oxygen atoms in total. The Hall–Kier alpha value is -1.01. The third-order valence-electron chi connectivity index (χ3n) is 3.48. The summed E-state index contributed by atoms with van der Waals surface area (Å²) in [6, 6.07) is 0. The number of ether oxygens (including phenoxy) is 1. The molecule has 1 atom stereocenters. The SMILES string of the molecule is COCCNCc1nnnn1CC1CC1(C)C. The molecule has 0 saturated heterocycles. The predicted octanol–water partition coefficient (Wildman–Crippen LogP) is 0.455. The van der Waals surface area contributed by atoms with Crippen molar-refractivity contribution >= 4 is 0 Å². The molecule has 0 aliphatic heterocycles. The van der Waals surface area contributed by atoms with Crippen LogP contribution in [0.5, 0.6) is 0 Å². The van der Waals surface area contributed by atoms with E-state index in [1.54, 1.807) is 7.11 Å². The molecule has 0 radical (unpaired) electrons. The highest BCUT2D eigenvalue weighted by Gasteiger charge is 2.45. The fraction of sp³-hybridized carbons (Fsp3) is 0.909. The average molecular weight is 239 g/mol. The minimum absolute atomic E-state index is 0.465. The van der Waals surface area contributed by atoms with Crippen LogP contribution in [0, 0.1) is 11.3 Å². The van der Waals surface area contributed by atoms with Crippen LogP contribution in [-0.4, -0.2) is 40.5 Å². The third kappa shape index (κ3) is 3.23. The minimum Gasteiger partial charge on any atom is -0.383 e. The van der Waals surface area contributed by atoms with Crippen molar-refractivity contribution < 1.29 is 4.74 Å². The Balaban J connectivity index is 1.80. The summed E-state index contributed by atoms with van der Waals surface area (Å²) < 4.78 is 6.89. The Bertz CT molecular complexity index is 362. The molecule has 0 aromatic carbocycles. The molecular formula is C11H21N5O. The van der Waals surface area contributed by atoms with Gasteiger partial charge in [-0.1, -0.05) is 13.8 Å². The summed E-state index contributed by atoms with van der Waals surface area (Å²) in [6.07, 6.45) is 1.27. The maximum absolute atomic E-state index is 4.97. The zero-order chi connectivity index (χ0) is 12.3. The van der Waals surface area contributed by atoms with Gasteiger partial charge in [-0.2, -0.15) is 0 Å². The van der Waals surface area contributed by atoms with Crippen molar-refractivity contribution in [3.63, 3.8) is 0 Å². The van der Waals surface area contributed by atoms with E-state index >= 15 is 0 Å². The molecule has 6 heteroatoms. The lowest BCUT2D eigenvalue weighted by atomic mass is 10.1. The van der Waals surface area contributed by atoms with Crippen molar-refractivity contribution in [3.8, 4) is 0 Å². The van der Waals surface area contributed by atoms with Gasteiger partial charge in [-0.3, -0.25) is 0 Å². The molecule has 0 spiro atoms. The van der Waals surface area contributed by atoms with Crippen molar-refractivity contribution in [1.29, 1.82) is 0 Å². The van der Waals surface area contributed by atoms with E-state index in [0.717, 1.165) is 18.9 Å². The molecule has 2 rings (SSSR count). The van der Waals surface area contributed by atoms with Gasteiger partial charge in [0.1, 0.15) is 0 Å². The monoisotopic (exact) mass is 239 g/mol. The maximum Gasteiger partial charge on any atom is 0.165 e. The number of nitrogens with zero attached hydrogens (tertiary/aromatic N) is 4. The lowest BCUT2D eigenvalue weighted by Crippen LogP contribution is -2.22. The quantitative estimate of drug-likeness (QED) is 0.700. The minimum atomic E-state index is 0.465. The zero-order valence-electron chi connectivity index (χ0n) is 10.8. The molecule has 0 bridgehead atoms. The third-order valence-corrected chi connectivity index (χ3v) is 3.48. The first-order valence-electron chi connectivity index (χ1n) is 6.08. The lowest BCUT2D eigenvalue weighted by Gasteiger charge is -2.06. The van der Waals surface area contributed by atoms with E-state index in [9.17, 15) is 0 Å². The summed E-state index contributed by atoms with van der Waals surface area (Å²) in [7, 11) is 1.70. The van der Waals surface area contributed by atoms with E-state index in [1.807, 2.05) is 4.68 Å². The highest BCUT2D eigenvalue weighted by atomic mass is 16.5. The molecule has 17 heavy (non-hydrogen) atoms. The van der Waals surface area contributed by atoms with Crippen LogP contribution in [0.25, 0.3) is 0 Å². The number of rotatable bonds is 7. The number of methoxy groups -OCH3 is 1. The predicted molar refractivity (Wildman–Crippen MR) is 63.3 cm³/mol. The van der Waals surface area contributed by atoms with Crippen LogP contribution in [0.2, 0.25) is 0 Å². The zero-order valence-corrected chi connectivity index (χ0v) is 10.8. The standard InChI is InChI=1S/C11H21N5O/c1-11(2)6-9(11)8-16-10(13-14-15-16)7-12-4-5-17-3/h9,12H,4-8H2,1-3H3. The van der Waals surface area contributed by atoms with Gasteiger partial charge in [-0.05, 0) is 28.2 Å². The highest BCUT2D eigenvalue weighted by Crippen LogP contribution is 2.52. The van der Waals surface area contributed by atoms with Gasteiger partial charge >= 0.3 is 0 Å². The van der Waals surface area contributed by atoms with E-state index in [4.69, 9.17) is 4.74 Å². The molecule has 1 fully saturated rings. The molecular weight excluding hydrogens is 218 g/mol. The van der Waals surface area contributed by atoms with Gasteiger partial charge in [0.05, 0.1) is 13.2 Å². The van der Waals surface area contributed by atoms with Crippen LogP contribution >= 0.6 is 0 Å². The lowest BCUT2D eigenvalue weighted by molar-refractivity contribution is 0.198. The molecule has 1 aliphatic rings. The molecule has 1 saturated carbocycles. The van der Waals surface area contributed by atoms with Gasteiger partial charge in [0, 0.05) is 20.2 Å². The molecule has 1 N–H and O–H groups in total. The van der Waals surface area contributed by atoms with Crippen molar-refractivity contribution in [2.45, 2.75) is 33.4 Å². The number of nitrogens with one attached hydrogen (secondary N) is 1. The Morgan fingerprint density at radius 2 is 2.29 bits per heavy atom. The molecule has 1 aromatic rings. The molecule has 1 heterocycles. The van der Waals surface area contributed by atoms with E-state index in [1.165, 1.54) is 6.42 Å². The molecule has 1 unspecified atom stereocenters. The van der Waals surface area contributed by atoms with Gasteiger partial charge < -0.3 is 10.1 Å². The van der Waals surface area contributed by atoms with Gasteiger partial charge in [0.25, 0.3) is 0 Å². The normalized spacial score (nSPS) is 21.7. The van der Waals surface area contributed by atoms with Gasteiger partial charge in [-0.15, -0.1) is 5.10 Å². The highest BCUT2D eigenvalue weighted by molar-refractivity contribution is 4.96. The van der Waals surface area contributed by atoms with E-state index in [2.05, 4.69) is 34.7 Å². The Morgan fingerprint density at radius 3 is 2.94 bits per heavy atom. The van der Waals surface area contributed by atoms with Gasteiger partial charge in [-0.25, -0.2) is 4.68 Å². The second kappa shape index (κ2) is 5.10. The van der Waals surface area contributed by atoms with E-state index < -0.39 is 0 Å². The maximum atomic E-state index is 4.97. The second-order valence-electron chi connectivity index (χ2n) is 5.34. The molecule has 96 valence electrons. The van der Waals surface area contributed by atoms with Crippen LogP contribution < -0.4 is 5.32 Å². The fourth-order valence-electron chi connectivity index (χ4n) is 1.96. The summed E-state index contributed by atoms with van der Waals surface area (Å²) in [5.74, 6) is 1.62. The summed E-state index contributed by atoms with van der Waals surface area (Å²) in [5.41, 5.74) is 0.465. The topological polar surface area (TPSA) is 64.9 Å². The fourth-order valence-corrected chi connectivity index (χ4v) is 1.96. The summed E-state index contributed by atoms with van der Waals surface area (Å²) >= 11 is 0. The van der Waals surface area contributed by atoms with Gasteiger partial charge in [0.2, 0.25) is 0 Å². The van der Waals surface area contributed by atoms with Crippen LogP contribution in [0.3, 0.4) is 0 Å². The Labute approximate surface area is 102 Å². The largest absolute Gasteiger partial charge is 0.383 e. The van der Waals surface area contributed by atoms with E-state index in [-0.39, 0.29) is 0 Å². The van der Waals surface area contributed by atoms with Crippen molar-refractivity contribution in [2.75, 3.05) is 20.3 Å². The Kier molecular flexibility index (Phi) is 3.73. The van der Waals surface area contributed by atoms with E-state index in [0.29, 0.717) is 24.5 Å². The van der Waals surface area contributed by atoms with Crippen molar-refractivity contribution in [3.05, 3.63) is 5.82 Å². The second-order valence-corrected chi connectivity index (χ2v) is 5.34.